The number of pyridine rings is 1. The topological polar surface area (TPSA) is 80.5 Å². The predicted octanol–water partition coefficient (Wildman–Crippen LogP) is 3.00. The van der Waals surface area contributed by atoms with Crippen molar-refractivity contribution in [2.75, 3.05) is 52.9 Å². The fourth-order valence-corrected chi connectivity index (χ4v) is 3.04. The summed E-state index contributed by atoms with van der Waals surface area (Å²) >= 11 is 0. The Labute approximate surface area is 187 Å². The lowest BCUT2D eigenvalue weighted by atomic mass is 9.90. The van der Waals surface area contributed by atoms with Crippen molar-refractivity contribution in [3.8, 4) is 5.88 Å². The molecule has 0 aliphatic heterocycles. The normalized spacial score (nSPS) is 17.9. The smallest absolute Gasteiger partial charge is 0.213 e. The third-order valence-electron chi connectivity index (χ3n) is 4.69. The standard InChI is InChI=1S/C23H29FN4O4/c24-10-13-29-14-15-30-16-17-31-18-19-32-22-5-4-21(20-25-22)6-9-23(7-2-1-3-8-23)28-12-11-26-27-28/h1-7,9,11-12,20H,8,10,13-19H2/b9-6+. The van der Waals surface area contributed by atoms with Crippen LogP contribution in [0.3, 0.4) is 0 Å². The molecule has 9 heteroatoms. The van der Waals surface area contributed by atoms with Crippen molar-refractivity contribution >= 4 is 6.08 Å². The van der Waals surface area contributed by atoms with Gasteiger partial charge in [-0.05, 0) is 18.1 Å². The maximum atomic E-state index is 11.8. The minimum Gasteiger partial charge on any atom is -0.475 e. The first-order chi connectivity index (χ1) is 15.8. The van der Waals surface area contributed by atoms with Crippen LogP contribution >= 0.6 is 0 Å². The zero-order valence-corrected chi connectivity index (χ0v) is 18.0. The fraction of sp³-hybridized carbons (Fsp3) is 0.435. The Hall–Kier alpha value is -2.88. The number of halogens is 1. The van der Waals surface area contributed by atoms with Crippen LogP contribution in [0.15, 0.2) is 61.1 Å². The number of ether oxygens (including phenoxy) is 4. The second-order valence-electron chi connectivity index (χ2n) is 6.97. The van der Waals surface area contributed by atoms with Gasteiger partial charge in [0.05, 0.1) is 45.8 Å². The molecular weight excluding hydrogens is 415 g/mol. The summed E-state index contributed by atoms with van der Waals surface area (Å²) in [6, 6.07) is 3.79. The van der Waals surface area contributed by atoms with E-state index >= 15 is 0 Å². The molecule has 0 saturated heterocycles. The van der Waals surface area contributed by atoms with Crippen molar-refractivity contribution < 1.29 is 23.3 Å². The summed E-state index contributed by atoms with van der Waals surface area (Å²) < 4.78 is 35.0. The van der Waals surface area contributed by atoms with E-state index < -0.39 is 6.67 Å². The maximum Gasteiger partial charge on any atom is 0.213 e. The first-order valence-electron chi connectivity index (χ1n) is 10.6. The number of nitrogens with zero attached hydrogens (tertiary/aromatic N) is 4. The number of hydrogen-bond acceptors (Lipinski definition) is 7. The summed E-state index contributed by atoms with van der Waals surface area (Å²) in [6.07, 6.45) is 18.5. The molecule has 3 rings (SSSR count). The van der Waals surface area contributed by atoms with Gasteiger partial charge >= 0.3 is 0 Å². The van der Waals surface area contributed by atoms with Gasteiger partial charge in [-0.3, -0.25) is 0 Å². The molecular formula is C23H29FN4O4. The Morgan fingerprint density at radius 1 is 1.00 bits per heavy atom. The van der Waals surface area contributed by atoms with Crippen LogP contribution in [0, 0.1) is 0 Å². The molecule has 0 fully saturated rings. The Morgan fingerprint density at radius 2 is 1.78 bits per heavy atom. The highest BCUT2D eigenvalue weighted by Gasteiger charge is 2.26. The van der Waals surface area contributed by atoms with E-state index in [2.05, 4.69) is 33.5 Å². The summed E-state index contributed by atoms with van der Waals surface area (Å²) in [6.45, 7) is 2.20. The molecule has 1 aliphatic carbocycles. The second kappa shape index (κ2) is 13.5. The van der Waals surface area contributed by atoms with Crippen molar-refractivity contribution in [1.29, 1.82) is 0 Å². The highest BCUT2D eigenvalue weighted by atomic mass is 19.1. The van der Waals surface area contributed by atoms with Crippen LogP contribution < -0.4 is 4.74 Å². The molecule has 0 aromatic carbocycles. The monoisotopic (exact) mass is 444 g/mol. The molecule has 32 heavy (non-hydrogen) atoms. The molecule has 1 atom stereocenters. The largest absolute Gasteiger partial charge is 0.475 e. The van der Waals surface area contributed by atoms with E-state index in [0.717, 1.165) is 12.0 Å². The molecule has 0 amide bonds. The van der Waals surface area contributed by atoms with Gasteiger partial charge in [0.2, 0.25) is 5.88 Å². The van der Waals surface area contributed by atoms with E-state index in [9.17, 15) is 4.39 Å². The fourth-order valence-electron chi connectivity index (χ4n) is 3.04. The molecule has 0 spiro atoms. The van der Waals surface area contributed by atoms with E-state index in [1.165, 1.54) is 0 Å². The Kier molecular flexibility index (Phi) is 10.0. The maximum absolute atomic E-state index is 11.8. The lowest BCUT2D eigenvalue weighted by Gasteiger charge is -2.27. The van der Waals surface area contributed by atoms with Gasteiger partial charge in [-0.1, -0.05) is 41.7 Å². The van der Waals surface area contributed by atoms with Crippen molar-refractivity contribution in [1.82, 2.24) is 20.0 Å². The number of allylic oxidation sites excluding steroid dienone is 5. The Morgan fingerprint density at radius 3 is 2.41 bits per heavy atom. The van der Waals surface area contributed by atoms with Crippen molar-refractivity contribution in [2.45, 2.75) is 12.0 Å². The average molecular weight is 445 g/mol. The molecule has 0 bridgehead atoms. The minimum atomic E-state index is -0.475. The van der Waals surface area contributed by atoms with Gasteiger partial charge in [0.1, 0.15) is 18.8 Å². The first kappa shape index (κ1) is 23.8. The summed E-state index contributed by atoms with van der Waals surface area (Å²) in [4.78, 5) is 4.35. The van der Waals surface area contributed by atoms with Crippen LogP contribution in [-0.4, -0.2) is 72.9 Å². The number of aromatic nitrogens is 4. The van der Waals surface area contributed by atoms with Gasteiger partial charge in [-0.15, -0.1) is 5.10 Å². The summed E-state index contributed by atoms with van der Waals surface area (Å²) in [5.74, 6) is 0.540. The quantitative estimate of drug-likeness (QED) is 0.391. The highest BCUT2D eigenvalue weighted by Crippen LogP contribution is 2.28. The van der Waals surface area contributed by atoms with Crippen molar-refractivity contribution in [3.05, 3.63) is 66.7 Å². The molecule has 0 N–H and O–H groups in total. The average Bonchev–Trinajstić information content (AvgIpc) is 3.38. The van der Waals surface area contributed by atoms with Gasteiger partial charge in [-0.25, -0.2) is 14.1 Å². The van der Waals surface area contributed by atoms with Gasteiger partial charge < -0.3 is 18.9 Å². The lowest BCUT2D eigenvalue weighted by Crippen LogP contribution is -2.30. The second-order valence-corrected chi connectivity index (χ2v) is 6.97. The third kappa shape index (κ3) is 7.67. The van der Waals surface area contributed by atoms with Crippen LogP contribution in [0.1, 0.15) is 12.0 Å². The molecule has 0 saturated carbocycles. The summed E-state index contributed by atoms with van der Waals surface area (Å²) in [7, 11) is 0. The van der Waals surface area contributed by atoms with Crippen LogP contribution in [0.25, 0.3) is 6.08 Å². The van der Waals surface area contributed by atoms with Crippen LogP contribution in [0.5, 0.6) is 5.88 Å². The predicted molar refractivity (Wildman–Crippen MR) is 118 cm³/mol. The van der Waals surface area contributed by atoms with Crippen LogP contribution in [0.4, 0.5) is 4.39 Å². The molecule has 2 aromatic rings. The number of hydrogen-bond donors (Lipinski definition) is 0. The summed E-state index contributed by atoms with van der Waals surface area (Å²) in [5.41, 5.74) is 0.590. The Bertz CT molecular complexity index is 855. The molecule has 2 aromatic heterocycles. The van der Waals surface area contributed by atoms with Crippen molar-refractivity contribution in [2.24, 2.45) is 0 Å². The first-order valence-corrected chi connectivity index (χ1v) is 10.6. The van der Waals surface area contributed by atoms with Gasteiger partial charge in [0, 0.05) is 18.5 Å². The minimum absolute atomic E-state index is 0.112. The molecule has 1 unspecified atom stereocenters. The molecule has 0 radical (unpaired) electrons. The Balaban J connectivity index is 1.35. The molecule has 2 heterocycles. The van der Waals surface area contributed by atoms with Gasteiger partial charge in [0.15, 0.2) is 0 Å². The third-order valence-corrected chi connectivity index (χ3v) is 4.69. The van der Waals surface area contributed by atoms with Gasteiger partial charge in [-0.2, -0.15) is 0 Å². The zero-order chi connectivity index (χ0) is 22.3. The molecule has 1 aliphatic rings. The van der Waals surface area contributed by atoms with E-state index in [4.69, 9.17) is 18.9 Å². The van der Waals surface area contributed by atoms with Crippen LogP contribution in [0.2, 0.25) is 0 Å². The highest BCUT2D eigenvalue weighted by molar-refractivity contribution is 5.51. The van der Waals surface area contributed by atoms with Crippen LogP contribution in [-0.2, 0) is 19.7 Å². The number of alkyl halides is 1. The van der Waals surface area contributed by atoms with E-state index in [-0.39, 0.29) is 12.1 Å². The molecule has 172 valence electrons. The summed E-state index contributed by atoms with van der Waals surface area (Å²) in [5, 5.41) is 8.11. The number of rotatable bonds is 15. The van der Waals surface area contributed by atoms with Crippen molar-refractivity contribution in [3.63, 3.8) is 0 Å². The van der Waals surface area contributed by atoms with E-state index in [1.807, 2.05) is 41.2 Å². The van der Waals surface area contributed by atoms with E-state index in [0.29, 0.717) is 45.5 Å². The van der Waals surface area contributed by atoms with E-state index in [1.54, 1.807) is 12.4 Å². The molecule has 8 nitrogen and oxygen atoms in total. The van der Waals surface area contributed by atoms with Gasteiger partial charge in [0.25, 0.3) is 0 Å². The zero-order valence-electron chi connectivity index (χ0n) is 18.0. The lowest BCUT2D eigenvalue weighted by molar-refractivity contribution is 0.00728. The SMILES string of the molecule is FCCOCCOCCOCCOc1ccc(/C=C/C2(n3ccnn3)C=CC=CC2)cn1.